The standard InChI is InChI=1S/C13H12BrN5OS/c1-8-5-11(20)19-13(16-12(17-19)21-2)18(8)7-9-3-4-10(14)15-6-9/h3-6H,7H2,1-2H3. The zero-order chi connectivity index (χ0) is 15.0. The third kappa shape index (κ3) is 2.73. The Labute approximate surface area is 133 Å². The molecule has 0 saturated heterocycles. The first kappa shape index (κ1) is 14.3. The van der Waals surface area contributed by atoms with Crippen molar-refractivity contribution in [3.63, 3.8) is 0 Å². The van der Waals surface area contributed by atoms with Crippen LogP contribution in [0.15, 0.2) is 39.0 Å². The van der Waals surface area contributed by atoms with Gasteiger partial charge in [-0.3, -0.25) is 4.79 Å². The van der Waals surface area contributed by atoms with E-state index >= 15 is 0 Å². The van der Waals surface area contributed by atoms with E-state index in [0.29, 0.717) is 17.5 Å². The highest BCUT2D eigenvalue weighted by atomic mass is 79.9. The van der Waals surface area contributed by atoms with Gasteiger partial charge in [-0.05, 0) is 40.7 Å². The normalized spacial score (nSPS) is 11.2. The smallest absolute Gasteiger partial charge is 0.275 e. The predicted molar refractivity (Wildman–Crippen MR) is 84.8 cm³/mol. The summed E-state index contributed by atoms with van der Waals surface area (Å²) in [5.74, 6) is 0.548. The maximum Gasteiger partial charge on any atom is 0.275 e. The molecule has 0 aromatic carbocycles. The molecule has 108 valence electrons. The molecule has 3 rings (SSSR count). The fourth-order valence-electron chi connectivity index (χ4n) is 2.05. The maximum absolute atomic E-state index is 12.0. The van der Waals surface area contributed by atoms with Crippen LogP contribution in [0.2, 0.25) is 0 Å². The molecule has 0 unspecified atom stereocenters. The second kappa shape index (κ2) is 5.61. The van der Waals surface area contributed by atoms with Crippen LogP contribution < -0.4 is 5.56 Å². The summed E-state index contributed by atoms with van der Waals surface area (Å²) in [7, 11) is 0. The molecule has 0 saturated carbocycles. The van der Waals surface area contributed by atoms with Crippen LogP contribution in [0.3, 0.4) is 0 Å². The Morgan fingerprint density at radius 1 is 1.38 bits per heavy atom. The van der Waals surface area contributed by atoms with Crippen molar-refractivity contribution in [1.29, 1.82) is 0 Å². The highest BCUT2D eigenvalue weighted by Gasteiger charge is 2.12. The lowest BCUT2D eigenvalue weighted by molar-refractivity contribution is 0.727. The predicted octanol–water partition coefficient (Wildman–Crippen LogP) is 2.13. The molecule has 0 bridgehead atoms. The largest absolute Gasteiger partial charge is 0.310 e. The van der Waals surface area contributed by atoms with Crippen LogP contribution in [0.25, 0.3) is 5.78 Å². The van der Waals surface area contributed by atoms with E-state index in [1.54, 1.807) is 12.3 Å². The fraction of sp³-hybridized carbons (Fsp3) is 0.231. The zero-order valence-corrected chi connectivity index (χ0v) is 13.8. The zero-order valence-electron chi connectivity index (χ0n) is 11.4. The van der Waals surface area contributed by atoms with Crippen molar-refractivity contribution in [3.8, 4) is 0 Å². The van der Waals surface area contributed by atoms with E-state index in [-0.39, 0.29) is 5.56 Å². The van der Waals surface area contributed by atoms with Gasteiger partial charge in [0.05, 0.1) is 6.54 Å². The molecule has 0 aliphatic rings. The van der Waals surface area contributed by atoms with E-state index in [9.17, 15) is 4.79 Å². The molecule has 0 radical (unpaired) electrons. The lowest BCUT2D eigenvalue weighted by atomic mass is 10.3. The van der Waals surface area contributed by atoms with Gasteiger partial charge >= 0.3 is 0 Å². The summed E-state index contributed by atoms with van der Waals surface area (Å²) < 4.78 is 4.09. The summed E-state index contributed by atoms with van der Waals surface area (Å²) in [6, 6.07) is 5.44. The van der Waals surface area contributed by atoms with Crippen molar-refractivity contribution in [2.45, 2.75) is 18.6 Å². The van der Waals surface area contributed by atoms with Crippen LogP contribution >= 0.6 is 27.7 Å². The van der Waals surface area contributed by atoms with Gasteiger partial charge in [0.1, 0.15) is 4.60 Å². The van der Waals surface area contributed by atoms with Gasteiger partial charge in [0.25, 0.3) is 5.56 Å². The second-order valence-corrected chi connectivity index (χ2v) is 6.10. The van der Waals surface area contributed by atoms with Gasteiger partial charge in [0, 0.05) is 18.0 Å². The minimum atomic E-state index is -0.166. The molecule has 0 amide bonds. The Bertz CT molecular complexity index is 855. The molecular weight excluding hydrogens is 354 g/mol. The molecule has 0 aliphatic heterocycles. The monoisotopic (exact) mass is 365 g/mol. The van der Waals surface area contributed by atoms with Gasteiger partial charge in [-0.15, -0.1) is 5.10 Å². The highest BCUT2D eigenvalue weighted by molar-refractivity contribution is 9.10. The third-order valence-corrected chi connectivity index (χ3v) is 4.10. The number of thioether (sulfide) groups is 1. The molecule has 8 heteroatoms. The minimum Gasteiger partial charge on any atom is -0.310 e. The average Bonchev–Trinajstić information content (AvgIpc) is 2.90. The first-order chi connectivity index (χ1) is 10.1. The average molecular weight is 366 g/mol. The quantitative estimate of drug-likeness (QED) is 0.525. The highest BCUT2D eigenvalue weighted by Crippen LogP contribution is 2.13. The Kier molecular flexibility index (Phi) is 3.81. The van der Waals surface area contributed by atoms with Gasteiger partial charge in [0.2, 0.25) is 10.9 Å². The van der Waals surface area contributed by atoms with E-state index in [1.807, 2.05) is 29.9 Å². The fourth-order valence-corrected chi connectivity index (χ4v) is 2.62. The van der Waals surface area contributed by atoms with Crippen LogP contribution in [0.1, 0.15) is 11.3 Å². The molecule has 3 aromatic heterocycles. The van der Waals surface area contributed by atoms with Gasteiger partial charge in [-0.2, -0.15) is 9.50 Å². The number of aryl methyl sites for hydroxylation is 1. The molecule has 0 spiro atoms. The van der Waals surface area contributed by atoms with Crippen LogP contribution in [-0.2, 0) is 6.54 Å². The topological polar surface area (TPSA) is 65.1 Å². The molecular formula is C13H12BrN5OS. The van der Waals surface area contributed by atoms with E-state index < -0.39 is 0 Å². The summed E-state index contributed by atoms with van der Waals surface area (Å²) in [6.07, 6.45) is 3.68. The lowest BCUT2D eigenvalue weighted by Crippen LogP contribution is -2.20. The summed E-state index contributed by atoms with van der Waals surface area (Å²) in [5.41, 5.74) is 1.71. The molecule has 0 N–H and O–H groups in total. The Morgan fingerprint density at radius 2 is 2.19 bits per heavy atom. The van der Waals surface area contributed by atoms with Crippen molar-refractivity contribution in [3.05, 3.63) is 50.6 Å². The number of nitrogens with zero attached hydrogens (tertiary/aromatic N) is 5. The van der Waals surface area contributed by atoms with Gasteiger partial charge in [-0.25, -0.2) is 4.98 Å². The van der Waals surface area contributed by atoms with Crippen LogP contribution in [0, 0.1) is 6.92 Å². The molecule has 0 atom stereocenters. The molecule has 6 nitrogen and oxygen atoms in total. The van der Waals surface area contributed by atoms with Crippen molar-refractivity contribution in [1.82, 2.24) is 24.1 Å². The van der Waals surface area contributed by atoms with Crippen molar-refractivity contribution in [2.24, 2.45) is 0 Å². The van der Waals surface area contributed by atoms with E-state index in [1.165, 1.54) is 16.3 Å². The summed E-state index contributed by atoms with van der Waals surface area (Å²) in [6.45, 7) is 2.48. The Hall–Kier alpha value is -1.67. The van der Waals surface area contributed by atoms with Crippen LogP contribution in [-0.4, -0.2) is 30.4 Å². The molecule has 0 aliphatic carbocycles. The number of rotatable bonds is 3. The first-order valence-corrected chi connectivity index (χ1v) is 8.22. The maximum atomic E-state index is 12.0. The molecule has 21 heavy (non-hydrogen) atoms. The Morgan fingerprint density at radius 3 is 2.86 bits per heavy atom. The van der Waals surface area contributed by atoms with Gasteiger partial charge in [0.15, 0.2) is 0 Å². The molecule has 3 aromatic rings. The van der Waals surface area contributed by atoms with Crippen molar-refractivity contribution >= 4 is 33.5 Å². The van der Waals surface area contributed by atoms with E-state index in [0.717, 1.165) is 15.9 Å². The first-order valence-electron chi connectivity index (χ1n) is 6.20. The van der Waals surface area contributed by atoms with Crippen LogP contribution in [0.5, 0.6) is 0 Å². The van der Waals surface area contributed by atoms with Gasteiger partial charge < -0.3 is 4.57 Å². The van der Waals surface area contributed by atoms with Crippen LogP contribution in [0.4, 0.5) is 0 Å². The molecule has 3 heterocycles. The van der Waals surface area contributed by atoms with Crippen molar-refractivity contribution < 1.29 is 0 Å². The summed E-state index contributed by atoms with van der Waals surface area (Å²) >= 11 is 4.73. The number of fused-ring (bicyclic) bond motifs is 1. The number of hydrogen-bond acceptors (Lipinski definition) is 5. The number of hydrogen-bond donors (Lipinski definition) is 0. The van der Waals surface area contributed by atoms with E-state index in [2.05, 4.69) is 31.0 Å². The van der Waals surface area contributed by atoms with E-state index in [4.69, 9.17) is 0 Å². The van der Waals surface area contributed by atoms with Crippen molar-refractivity contribution in [2.75, 3.05) is 6.26 Å². The molecule has 0 fully saturated rings. The second-order valence-electron chi connectivity index (χ2n) is 4.51. The number of aromatic nitrogens is 5. The number of pyridine rings is 1. The number of halogens is 1. The minimum absolute atomic E-state index is 0.166. The summed E-state index contributed by atoms with van der Waals surface area (Å²) in [5, 5.41) is 4.78. The summed E-state index contributed by atoms with van der Waals surface area (Å²) in [4.78, 5) is 20.6. The van der Waals surface area contributed by atoms with Gasteiger partial charge in [-0.1, -0.05) is 17.8 Å². The lowest BCUT2D eigenvalue weighted by Gasteiger charge is -2.11. The third-order valence-electron chi connectivity index (χ3n) is 3.09. The SMILES string of the molecule is CSc1nc2n(Cc3ccc(Br)nc3)c(C)cc(=O)n2n1. The Balaban J connectivity index is 2.14.